The van der Waals surface area contributed by atoms with Crippen LogP contribution >= 0.6 is 0 Å². The van der Waals surface area contributed by atoms with E-state index in [2.05, 4.69) is 20.6 Å². The molecule has 2 unspecified atom stereocenters. The van der Waals surface area contributed by atoms with Crippen LogP contribution in [0.1, 0.15) is 170 Å². The van der Waals surface area contributed by atoms with E-state index in [1.165, 1.54) is 4.90 Å². The summed E-state index contributed by atoms with van der Waals surface area (Å²) in [6.07, 6.45) is 6.63. The van der Waals surface area contributed by atoms with Gasteiger partial charge < -0.3 is 33.2 Å². The van der Waals surface area contributed by atoms with Gasteiger partial charge in [-0.05, 0) is 156 Å². The molecule has 0 aromatic carbocycles. The van der Waals surface area contributed by atoms with E-state index in [-0.39, 0.29) is 37.5 Å². The quantitative estimate of drug-likeness (QED) is 0.0801. The number of amides is 6. The molecule has 3 aliphatic rings. The number of nitrogens with zero attached hydrogens (tertiary/aromatic N) is 6. The molecular formula is C53H86N8O13. The molecule has 2 N–H and O–H groups in total. The highest BCUT2D eigenvalue weighted by Gasteiger charge is 2.39. The molecule has 0 spiro atoms. The first kappa shape index (κ1) is 62.1. The Morgan fingerprint density at radius 1 is 0.649 bits per heavy atom. The number of carbonyl (C=O) groups excluding carboxylic acids is 6. The fraction of sp³-hybridized carbons (Fsp3) is 0.717. The van der Waals surface area contributed by atoms with Gasteiger partial charge in [-0.3, -0.25) is 25.5 Å². The second-order valence-electron chi connectivity index (χ2n) is 24.2. The number of hydrogen-bond acceptors (Lipinski definition) is 15. The van der Waals surface area contributed by atoms with Gasteiger partial charge in [0.25, 0.3) is 0 Å². The Kier molecular flexibility index (Phi) is 21.7. The first-order valence-electron chi connectivity index (χ1n) is 25.6. The zero-order valence-electron chi connectivity index (χ0n) is 47.4. The third-order valence-corrected chi connectivity index (χ3v) is 9.72. The van der Waals surface area contributed by atoms with Crippen LogP contribution in [0, 0.1) is 5.92 Å². The van der Waals surface area contributed by atoms with Gasteiger partial charge in [-0.2, -0.15) is 0 Å². The van der Waals surface area contributed by atoms with Crippen molar-refractivity contribution >= 4 is 54.3 Å². The van der Waals surface area contributed by atoms with Crippen molar-refractivity contribution in [1.29, 1.82) is 0 Å². The molecule has 21 heteroatoms. The van der Waals surface area contributed by atoms with Crippen molar-refractivity contribution in [2.75, 3.05) is 32.7 Å². The normalized spacial score (nSPS) is 17.2. The molecule has 6 amide bonds. The van der Waals surface area contributed by atoms with Crippen LogP contribution in [0.2, 0.25) is 0 Å². The summed E-state index contributed by atoms with van der Waals surface area (Å²) < 4.78 is 40.2. The minimum absolute atomic E-state index is 0.0214. The number of aliphatic imine (C=N–C) groups is 3. The second-order valence-corrected chi connectivity index (χ2v) is 24.2. The number of amidine groups is 1. The van der Waals surface area contributed by atoms with Crippen LogP contribution in [-0.4, -0.2) is 141 Å². The van der Waals surface area contributed by atoms with Crippen LogP contribution in [-0.2, 0) is 33.2 Å². The molecule has 416 valence electrons. The van der Waals surface area contributed by atoms with Gasteiger partial charge in [-0.15, -0.1) is 4.99 Å². The van der Waals surface area contributed by atoms with Crippen molar-refractivity contribution in [3.8, 4) is 0 Å². The third kappa shape index (κ3) is 23.8. The van der Waals surface area contributed by atoms with Crippen LogP contribution in [0.15, 0.2) is 50.6 Å². The fourth-order valence-electron chi connectivity index (χ4n) is 7.06. The van der Waals surface area contributed by atoms with Crippen LogP contribution in [0.5, 0.6) is 0 Å². The molecule has 0 aromatic heterocycles. The maximum Gasteiger partial charge on any atom is 0.437 e. The molecule has 0 aromatic rings. The predicted octanol–water partition coefficient (Wildman–Crippen LogP) is 10.9. The number of rotatable bonds is 12. The number of ether oxygens (including phenoxy) is 7. The summed E-state index contributed by atoms with van der Waals surface area (Å²) in [7, 11) is 0. The molecule has 0 bridgehead atoms. The monoisotopic (exact) mass is 1040 g/mol. The minimum Gasteiger partial charge on any atom is -0.488 e. The van der Waals surface area contributed by atoms with Gasteiger partial charge in [-0.25, -0.2) is 38.6 Å². The largest absolute Gasteiger partial charge is 0.488 e. The minimum atomic E-state index is -1.06. The van der Waals surface area contributed by atoms with Crippen molar-refractivity contribution in [3.63, 3.8) is 0 Å². The highest BCUT2D eigenvalue weighted by atomic mass is 16.6. The van der Waals surface area contributed by atoms with Crippen molar-refractivity contribution in [2.45, 2.75) is 209 Å². The lowest BCUT2D eigenvalue weighted by molar-refractivity contribution is 0.0257. The highest BCUT2D eigenvalue weighted by molar-refractivity contribution is 6.08. The highest BCUT2D eigenvalue weighted by Crippen LogP contribution is 2.33. The van der Waals surface area contributed by atoms with E-state index in [1.807, 2.05) is 45.1 Å². The number of hydrogen-bond donors (Lipinski definition) is 2. The Morgan fingerprint density at radius 2 is 1.15 bits per heavy atom. The van der Waals surface area contributed by atoms with Gasteiger partial charge in [0.1, 0.15) is 51.3 Å². The molecule has 21 nitrogen and oxygen atoms in total. The summed E-state index contributed by atoms with van der Waals surface area (Å²) in [5, 5.41) is 4.97. The number of carbonyl (C=O) groups is 6. The zero-order chi connectivity index (χ0) is 56.0. The lowest BCUT2D eigenvalue weighted by atomic mass is 9.93. The summed E-state index contributed by atoms with van der Waals surface area (Å²) in [5.41, 5.74) is -4.54. The summed E-state index contributed by atoms with van der Waals surface area (Å²) in [5.74, 6) is -0.0246. The molecule has 0 fully saturated rings. The molecular weight excluding hydrogens is 957 g/mol. The molecule has 2 aliphatic heterocycles. The third-order valence-electron chi connectivity index (χ3n) is 9.72. The van der Waals surface area contributed by atoms with E-state index in [1.54, 1.807) is 104 Å². The van der Waals surface area contributed by atoms with Crippen LogP contribution in [0.4, 0.5) is 28.8 Å². The van der Waals surface area contributed by atoms with E-state index in [0.29, 0.717) is 55.9 Å². The number of guanidine groups is 2. The molecule has 0 saturated carbocycles. The average molecular weight is 1040 g/mol. The fourth-order valence-corrected chi connectivity index (χ4v) is 7.06. The topological polar surface area (TPSA) is 238 Å². The summed E-state index contributed by atoms with van der Waals surface area (Å²) in [6.45, 7) is 31.8. The lowest BCUT2D eigenvalue weighted by Gasteiger charge is -2.34. The second kappa shape index (κ2) is 25.9. The first-order chi connectivity index (χ1) is 33.9. The van der Waals surface area contributed by atoms with Crippen molar-refractivity contribution in [1.82, 2.24) is 25.3 Å². The number of alkyl carbamates (subject to hydrolysis) is 2. The molecule has 1 aliphatic carbocycles. The van der Waals surface area contributed by atoms with E-state index >= 15 is 0 Å². The van der Waals surface area contributed by atoms with Gasteiger partial charge in [0.15, 0.2) is 0 Å². The summed E-state index contributed by atoms with van der Waals surface area (Å²) in [4.78, 5) is 97.9. The molecule has 74 heavy (non-hydrogen) atoms. The SMILES string of the molecule is CC(C)(C)OC(=O)N=C(N(CCCCCCCCN=C(NC(=O)OC(C)(C)C)NC(=O)OC(C)(C)C)C(=O)OC(C)(C)C)N(CC1=CC2C=C(C3=NCCCN3C(=O)OC(C)(C)C)C=CC2O1)C(=O)OC(C)(C)C. The standard InChI is InChI=1S/C53H86N8O13/c1-48(2,3)69-42(62)56-40(57-43(63)70-49(4,5)6)55-28-23-21-19-20-22-24-30-60(46(66)73-52(13,14)15)41(58-44(64)71-50(7,8)9)61(47(67)74-53(16,17)18)34-37-33-36-32-35(26-27-38(36)68-37)39-54-29-25-31-59(39)45(65)72-51(10,11)12/h26-27,32-33,36,38H,19-25,28-31,34H2,1-18H3,(H2,55,56,57,62,63). The molecule has 2 heterocycles. The Balaban J connectivity index is 1.91. The van der Waals surface area contributed by atoms with Crippen molar-refractivity contribution in [2.24, 2.45) is 20.9 Å². The first-order valence-corrected chi connectivity index (χ1v) is 25.6. The van der Waals surface area contributed by atoms with E-state index in [0.717, 1.165) is 29.1 Å². The van der Waals surface area contributed by atoms with Crippen LogP contribution < -0.4 is 10.6 Å². The van der Waals surface area contributed by atoms with Crippen LogP contribution in [0.3, 0.4) is 0 Å². The van der Waals surface area contributed by atoms with Gasteiger partial charge in [0.05, 0.1) is 6.54 Å². The molecule has 0 saturated heterocycles. The van der Waals surface area contributed by atoms with Crippen molar-refractivity contribution in [3.05, 3.63) is 35.6 Å². The molecule has 0 radical (unpaired) electrons. The van der Waals surface area contributed by atoms with E-state index < -0.39 is 76.3 Å². The van der Waals surface area contributed by atoms with E-state index in [4.69, 9.17) is 38.2 Å². The number of fused-ring (bicyclic) bond motifs is 1. The van der Waals surface area contributed by atoms with Crippen LogP contribution in [0.25, 0.3) is 0 Å². The maximum absolute atomic E-state index is 14.5. The Hall–Kier alpha value is -6.15. The molecule has 2 atom stereocenters. The zero-order valence-corrected chi connectivity index (χ0v) is 47.4. The smallest absolute Gasteiger partial charge is 0.437 e. The Bertz CT molecular complexity index is 2160. The lowest BCUT2D eigenvalue weighted by Crippen LogP contribution is -2.53. The van der Waals surface area contributed by atoms with Gasteiger partial charge in [0.2, 0.25) is 11.9 Å². The van der Waals surface area contributed by atoms with Gasteiger partial charge >= 0.3 is 36.6 Å². The number of unbranched alkanes of at least 4 members (excludes halogenated alkanes) is 5. The average Bonchev–Trinajstić information content (AvgIpc) is 3.61. The van der Waals surface area contributed by atoms with Gasteiger partial charge in [-0.1, -0.05) is 37.8 Å². The summed E-state index contributed by atoms with van der Waals surface area (Å²) in [6, 6.07) is 0. The maximum atomic E-state index is 14.5. The van der Waals surface area contributed by atoms with E-state index in [9.17, 15) is 28.8 Å². The number of nitrogens with one attached hydrogen (secondary N) is 2. The summed E-state index contributed by atoms with van der Waals surface area (Å²) >= 11 is 0. The predicted molar refractivity (Wildman–Crippen MR) is 282 cm³/mol. The Labute approximate surface area is 438 Å². The van der Waals surface area contributed by atoms with Crippen molar-refractivity contribution < 1.29 is 61.9 Å². The Morgan fingerprint density at radius 3 is 1.68 bits per heavy atom. The molecule has 3 rings (SSSR count). The van der Waals surface area contributed by atoms with Gasteiger partial charge in [0, 0.05) is 37.7 Å².